The number of amides is 3. The van der Waals surface area contributed by atoms with Crippen molar-refractivity contribution in [3.8, 4) is 0 Å². The molecule has 1 aliphatic carbocycles. The van der Waals surface area contributed by atoms with E-state index in [0.29, 0.717) is 23.9 Å². The third-order valence-corrected chi connectivity index (χ3v) is 3.45. The predicted molar refractivity (Wildman–Crippen MR) is 85.0 cm³/mol. The van der Waals surface area contributed by atoms with E-state index in [1.165, 1.54) is 0 Å². The molecule has 1 aliphatic rings. The molecule has 0 saturated heterocycles. The maximum absolute atomic E-state index is 11.9. The number of carbonyl (C=O) groups is 2. The van der Waals surface area contributed by atoms with Crippen LogP contribution >= 0.6 is 0 Å². The molecule has 120 valence electrons. The minimum atomic E-state index is -0.265. The molecule has 6 heteroatoms. The van der Waals surface area contributed by atoms with E-state index in [4.69, 9.17) is 4.74 Å². The van der Waals surface area contributed by atoms with Crippen LogP contribution in [-0.2, 0) is 4.74 Å². The SMILES string of the molecule is COCCC(C)NC(=O)Nc1ccc(C(=O)NC2CC2)cc1. The van der Waals surface area contributed by atoms with Crippen LogP contribution in [0.3, 0.4) is 0 Å². The van der Waals surface area contributed by atoms with Crippen molar-refractivity contribution < 1.29 is 14.3 Å². The lowest BCUT2D eigenvalue weighted by molar-refractivity contribution is 0.0951. The van der Waals surface area contributed by atoms with Gasteiger partial charge in [0.15, 0.2) is 0 Å². The summed E-state index contributed by atoms with van der Waals surface area (Å²) in [6.45, 7) is 2.52. The summed E-state index contributed by atoms with van der Waals surface area (Å²) in [7, 11) is 1.63. The molecule has 0 radical (unpaired) electrons. The topological polar surface area (TPSA) is 79.5 Å². The van der Waals surface area contributed by atoms with Crippen LogP contribution in [0.25, 0.3) is 0 Å². The van der Waals surface area contributed by atoms with Crippen molar-refractivity contribution in [2.75, 3.05) is 19.0 Å². The van der Waals surface area contributed by atoms with Gasteiger partial charge in [0.05, 0.1) is 0 Å². The standard InChI is InChI=1S/C16H23N3O3/c1-11(9-10-22-2)17-16(21)19-14-5-3-12(4-6-14)15(20)18-13-7-8-13/h3-6,11,13H,7-10H2,1-2H3,(H,18,20)(H2,17,19,21). The third kappa shape index (κ3) is 5.37. The Morgan fingerprint density at radius 2 is 1.95 bits per heavy atom. The molecule has 0 aliphatic heterocycles. The number of benzene rings is 1. The summed E-state index contributed by atoms with van der Waals surface area (Å²) in [6.07, 6.45) is 2.88. The minimum absolute atomic E-state index is 0.0311. The Labute approximate surface area is 130 Å². The number of methoxy groups -OCH3 is 1. The highest BCUT2D eigenvalue weighted by molar-refractivity contribution is 5.95. The van der Waals surface area contributed by atoms with Gasteiger partial charge in [0.1, 0.15) is 0 Å². The summed E-state index contributed by atoms with van der Waals surface area (Å²) in [4.78, 5) is 23.7. The molecule has 0 spiro atoms. The molecule has 1 saturated carbocycles. The van der Waals surface area contributed by atoms with Gasteiger partial charge in [-0.05, 0) is 50.5 Å². The van der Waals surface area contributed by atoms with Gasteiger partial charge in [0, 0.05) is 37.1 Å². The lowest BCUT2D eigenvalue weighted by Crippen LogP contribution is -2.36. The Hall–Kier alpha value is -2.08. The lowest BCUT2D eigenvalue weighted by Gasteiger charge is -2.14. The van der Waals surface area contributed by atoms with Gasteiger partial charge in [-0.3, -0.25) is 4.79 Å². The fraction of sp³-hybridized carbons (Fsp3) is 0.500. The summed E-state index contributed by atoms with van der Waals surface area (Å²) in [5, 5.41) is 8.50. The Kier molecular flexibility index (Phi) is 5.77. The number of anilines is 1. The fourth-order valence-corrected chi connectivity index (χ4v) is 1.96. The maximum Gasteiger partial charge on any atom is 0.319 e. The number of hydrogen-bond acceptors (Lipinski definition) is 3. The van der Waals surface area contributed by atoms with Crippen molar-refractivity contribution >= 4 is 17.6 Å². The smallest absolute Gasteiger partial charge is 0.319 e. The molecule has 1 unspecified atom stereocenters. The number of ether oxygens (including phenoxy) is 1. The van der Waals surface area contributed by atoms with Crippen LogP contribution < -0.4 is 16.0 Å². The van der Waals surface area contributed by atoms with E-state index in [-0.39, 0.29) is 18.0 Å². The van der Waals surface area contributed by atoms with Gasteiger partial charge < -0.3 is 20.7 Å². The van der Waals surface area contributed by atoms with E-state index >= 15 is 0 Å². The number of nitrogens with one attached hydrogen (secondary N) is 3. The quantitative estimate of drug-likeness (QED) is 0.722. The number of rotatable bonds is 7. The van der Waals surface area contributed by atoms with Crippen molar-refractivity contribution in [3.63, 3.8) is 0 Å². The van der Waals surface area contributed by atoms with E-state index in [1.54, 1.807) is 31.4 Å². The molecule has 0 aromatic heterocycles. The molecule has 1 aromatic rings. The zero-order valence-electron chi connectivity index (χ0n) is 13.0. The van der Waals surface area contributed by atoms with Crippen LogP contribution in [0.1, 0.15) is 36.5 Å². The molecule has 0 bridgehead atoms. The van der Waals surface area contributed by atoms with Crippen LogP contribution in [-0.4, -0.2) is 37.7 Å². The van der Waals surface area contributed by atoms with Gasteiger partial charge in [0.2, 0.25) is 0 Å². The van der Waals surface area contributed by atoms with Crippen LogP contribution in [0.4, 0.5) is 10.5 Å². The molecular formula is C16H23N3O3. The molecule has 1 fully saturated rings. The first kappa shape index (κ1) is 16.3. The molecule has 3 amide bonds. The van der Waals surface area contributed by atoms with Crippen molar-refractivity contribution in [1.82, 2.24) is 10.6 Å². The van der Waals surface area contributed by atoms with Gasteiger partial charge in [0.25, 0.3) is 5.91 Å². The normalized spacial score (nSPS) is 15.0. The van der Waals surface area contributed by atoms with E-state index in [2.05, 4.69) is 16.0 Å². The summed E-state index contributed by atoms with van der Waals surface area (Å²) in [6, 6.07) is 6.97. The minimum Gasteiger partial charge on any atom is -0.385 e. The first-order valence-corrected chi connectivity index (χ1v) is 7.56. The molecule has 3 N–H and O–H groups in total. The van der Waals surface area contributed by atoms with Crippen molar-refractivity contribution in [1.29, 1.82) is 0 Å². The zero-order valence-corrected chi connectivity index (χ0v) is 13.0. The van der Waals surface area contributed by atoms with Gasteiger partial charge in [-0.2, -0.15) is 0 Å². The number of carbonyl (C=O) groups excluding carboxylic acids is 2. The second-order valence-corrected chi connectivity index (χ2v) is 5.61. The number of urea groups is 1. The van der Waals surface area contributed by atoms with E-state index in [9.17, 15) is 9.59 Å². The van der Waals surface area contributed by atoms with Crippen LogP contribution in [0.5, 0.6) is 0 Å². The second-order valence-electron chi connectivity index (χ2n) is 5.61. The largest absolute Gasteiger partial charge is 0.385 e. The monoisotopic (exact) mass is 305 g/mol. The average Bonchev–Trinajstić information content (AvgIpc) is 3.29. The van der Waals surface area contributed by atoms with Gasteiger partial charge in [-0.15, -0.1) is 0 Å². The van der Waals surface area contributed by atoms with Crippen LogP contribution in [0.2, 0.25) is 0 Å². The number of hydrogen-bond donors (Lipinski definition) is 3. The first-order chi connectivity index (χ1) is 10.6. The molecule has 22 heavy (non-hydrogen) atoms. The highest BCUT2D eigenvalue weighted by Crippen LogP contribution is 2.19. The Morgan fingerprint density at radius 3 is 2.55 bits per heavy atom. The van der Waals surface area contributed by atoms with Gasteiger partial charge in [-0.25, -0.2) is 4.79 Å². The van der Waals surface area contributed by atoms with Crippen LogP contribution in [0, 0.1) is 0 Å². The van der Waals surface area contributed by atoms with Crippen LogP contribution in [0.15, 0.2) is 24.3 Å². The Morgan fingerprint density at radius 1 is 1.27 bits per heavy atom. The molecule has 1 atom stereocenters. The van der Waals surface area contributed by atoms with Gasteiger partial charge in [-0.1, -0.05) is 0 Å². The summed E-state index contributed by atoms with van der Waals surface area (Å²) in [5.41, 5.74) is 1.26. The maximum atomic E-state index is 11.9. The lowest BCUT2D eigenvalue weighted by atomic mass is 10.2. The summed E-state index contributed by atoms with van der Waals surface area (Å²) in [5.74, 6) is -0.0633. The van der Waals surface area contributed by atoms with Crippen molar-refractivity contribution in [2.45, 2.75) is 38.3 Å². The molecular weight excluding hydrogens is 282 g/mol. The fourth-order valence-electron chi connectivity index (χ4n) is 1.96. The molecule has 0 heterocycles. The summed E-state index contributed by atoms with van der Waals surface area (Å²) >= 11 is 0. The highest BCUT2D eigenvalue weighted by Gasteiger charge is 2.23. The second kappa shape index (κ2) is 7.79. The van der Waals surface area contributed by atoms with Gasteiger partial charge >= 0.3 is 6.03 Å². The highest BCUT2D eigenvalue weighted by atomic mass is 16.5. The molecule has 2 rings (SSSR count). The predicted octanol–water partition coefficient (Wildman–Crippen LogP) is 2.13. The zero-order chi connectivity index (χ0) is 15.9. The van der Waals surface area contributed by atoms with E-state index in [1.807, 2.05) is 6.92 Å². The molecule has 6 nitrogen and oxygen atoms in total. The van der Waals surface area contributed by atoms with E-state index < -0.39 is 0 Å². The van der Waals surface area contributed by atoms with Crippen molar-refractivity contribution in [2.24, 2.45) is 0 Å². The Bertz CT molecular complexity index is 512. The summed E-state index contributed by atoms with van der Waals surface area (Å²) < 4.78 is 4.97. The first-order valence-electron chi connectivity index (χ1n) is 7.56. The average molecular weight is 305 g/mol. The third-order valence-electron chi connectivity index (χ3n) is 3.45. The molecule has 1 aromatic carbocycles. The van der Waals surface area contributed by atoms with Crippen molar-refractivity contribution in [3.05, 3.63) is 29.8 Å². The Balaban J connectivity index is 1.79. The van der Waals surface area contributed by atoms with E-state index in [0.717, 1.165) is 19.3 Å².